The van der Waals surface area contributed by atoms with Gasteiger partial charge < -0.3 is 15.0 Å². The highest BCUT2D eigenvalue weighted by Gasteiger charge is 2.30. The number of nitrogens with zero attached hydrogens (tertiary/aromatic N) is 3. The van der Waals surface area contributed by atoms with Gasteiger partial charge in [-0.1, -0.05) is 30.3 Å². The van der Waals surface area contributed by atoms with Gasteiger partial charge in [-0.3, -0.25) is 14.6 Å². The van der Waals surface area contributed by atoms with E-state index in [9.17, 15) is 9.59 Å². The van der Waals surface area contributed by atoms with Crippen molar-refractivity contribution in [3.05, 3.63) is 84.4 Å². The summed E-state index contributed by atoms with van der Waals surface area (Å²) in [4.78, 5) is 35.2. The summed E-state index contributed by atoms with van der Waals surface area (Å²) in [6, 6.07) is 15.3. The van der Waals surface area contributed by atoms with Crippen molar-refractivity contribution in [2.24, 2.45) is 0 Å². The van der Waals surface area contributed by atoms with E-state index in [0.29, 0.717) is 17.0 Å². The third-order valence-electron chi connectivity index (χ3n) is 4.21. The molecule has 28 heavy (non-hydrogen) atoms. The van der Waals surface area contributed by atoms with Gasteiger partial charge in [-0.2, -0.15) is 0 Å². The van der Waals surface area contributed by atoms with E-state index >= 15 is 0 Å². The van der Waals surface area contributed by atoms with Crippen LogP contribution in [0.25, 0.3) is 0 Å². The molecule has 1 N–H and O–H groups in total. The second-order valence-electron chi connectivity index (χ2n) is 6.04. The number of hydrogen-bond donors (Lipinski definition) is 1. The highest BCUT2D eigenvalue weighted by Crippen LogP contribution is 2.24. The average Bonchev–Trinajstić information content (AvgIpc) is 2.75. The Hall–Kier alpha value is -3.74. The third kappa shape index (κ3) is 4.32. The van der Waals surface area contributed by atoms with Crippen molar-refractivity contribution < 1.29 is 14.3 Å². The fourth-order valence-corrected chi connectivity index (χ4v) is 2.78. The first-order valence-corrected chi connectivity index (χ1v) is 8.63. The first kappa shape index (κ1) is 19.0. The van der Waals surface area contributed by atoms with Crippen LogP contribution in [0.15, 0.2) is 73.2 Å². The van der Waals surface area contributed by atoms with Crippen LogP contribution in [-0.4, -0.2) is 40.8 Å². The number of aromatic nitrogens is 2. The highest BCUT2D eigenvalue weighted by molar-refractivity contribution is 6.00. The van der Waals surface area contributed by atoms with Crippen molar-refractivity contribution >= 4 is 17.5 Å². The molecule has 3 aromatic rings. The molecule has 0 aliphatic rings. The lowest BCUT2D eigenvalue weighted by Crippen LogP contribution is -2.39. The molecule has 7 nitrogen and oxygen atoms in total. The molecule has 3 rings (SSSR count). The molecule has 0 radical (unpaired) electrons. The Labute approximate surface area is 163 Å². The number of amides is 2. The number of methoxy groups -OCH3 is 1. The Morgan fingerprint density at radius 2 is 1.75 bits per heavy atom. The molecule has 0 spiro atoms. The predicted molar refractivity (Wildman–Crippen MR) is 105 cm³/mol. The summed E-state index contributed by atoms with van der Waals surface area (Å²) in [7, 11) is 3.15. The minimum Gasteiger partial charge on any atom is -0.497 e. The molecule has 1 heterocycles. The monoisotopic (exact) mass is 376 g/mol. The van der Waals surface area contributed by atoms with Gasteiger partial charge in [0.15, 0.2) is 0 Å². The quantitative estimate of drug-likeness (QED) is 0.715. The zero-order valence-corrected chi connectivity index (χ0v) is 15.6. The largest absolute Gasteiger partial charge is 0.497 e. The molecule has 2 amide bonds. The van der Waals surface area contributed by atoms with Crippen molar-refractivity contribution in [1.82, 2.24) is 14.9 Å². The van der Waals surface area contributed by atoms with Gasteiger partial charge in [0.2, 0.25) is 0 Å². The number of likely N-dealkylation sites (N-methyl/N-ethyl adjacent to an activating group) is 1. The number of anilines is 1. The smallest absolute Gasteiger partial charge is 0.274 e. The Bertz CT molecular complexity index is 931. The van der Waals surface area contributed by atoms with E-state index in [0.717, 1.165) is 0 Å². The van der Waals surface area contributed by atoms with Crippen LogP contribution in [0.5, 0.6) is 5.75 Å². The second kappa shape index (κ2) is 8.77. The van der Waals surface area contributed by atoms with Crippen LogP contribution < -0.4 is 10.1 Å². The SMILES string of the molecule is COc1ccc(NC(=O)[C@@H](c2ccccc2)N(C)C(=O)c2cnccn2)cc1. The Morgan fingerprint density at radius 1 is 1.04 bits per heavy atom. The van der Waals surface area contributed by atoms with Crippen LogP contribution in [0.2, 0.25) is 0 Å². The van der Waals surface area contributed by atoms with Crippen molar-refractivity contribution in [3.63, 3.8) is 0 Å². The number of carbonyl (C=O) groups excluding carboxylic acids is 2. The molecule has 1 atom stereocenters. The maximum Gasteiger partial charge on any atom is 0.274 e. The number of nitrogens with one attached hydrogen (secondary N) is 1. The van der Waals surface area contributed by atoms with Gasteiger partial charge >= 0.3 is 0 Å². The van der Waals surface area contributed by atoms with Crippen molar-refractivity contribution in [2.75, 3.05) is 19.5 Å². The molecule has 0 saturated carbocycles. The van der Waals surface area contributed by atoms with Crippen molar-refractivity contribution in [1.29, 1.82) is 0 Å². The molecular formula is C21H20N4O3. The summed E-state index contributed by atoms with van der Waals surface area (Å²) >= 11 is 0. The number of benzene rings is 2. The maximum absolute atomic E-state index is 13.1. The molecule has 7 heteroatoms. The van der Waals surface area contributed by atoms with Gasteiger partial charge in [-0.05, 0) is 29.8 Å². The molecule has 1 aromatic heterocycles. The molecular weight excluding hydrogens is 356 g/mol. The van der Waals surface area contributed by atoms with Crippen molar-refractivity contribution in [2.45, 2.75) is 6.04 Å². The van der Waals surface area contributed by atoms with Gasteiger partial charge in [0.1, 0.15) is 17.5 Å². The lowest BCUT2D eigenvalue weighted by Gasteiger charge is -2.27. The molecule has 2 aromatic carbocycles. The highest BCUT2D eigenvalue weighted by atomic mass is 16.5. The normalized spacial score (nSPS) is 11.4. The number of carbonyl (C=O) groups is 2. The van der Waals surface area contributed by atoms with Gasteiger partial charge in [-0.15, -0.1) is 0 Å². The minimum absolute atomic E-state index is 0.170. The number of ether oxygens (including phenoxy) is 1. The first-order chi connectivity index (χ1) is 13.6. The summed E-state index contributed by atoms with van der Waals surface area (Å²) in [5.74, 6) is -0.0458. The zero-order chi connectivity index (χ0) is 19.9. The summed E-state index contributed by atoms with van der Waals surface area (Å²) in [6.07, 6.45) is 4.31. The van der Waals surface area contributed by atoms with E-state index < -0.39 is 11.9 Å². The van der Waals surface area contributed by atoms with Gasteiger partial charge in [0, 0.05) is 25.1 Å². The molecule has 0 saturated heterocycles. The second-order valence-corrected chi connectivity index (χ2v) is 6.04. The molecule has 142 valence electrons. The van der Waals surface area contributed by atoms with E-state index in [1.54, 1.807) is 50.6 Å². The van der Waals surface area contributed by atoms with Crippen molar-refractivity contribution in [3.8, 4) is 5.75 Å². The molecule has 0 unspecified atom stereocenters. The van der Waals surface area contributed by atoms with E-state index in [1.165, 1.54) is 23.5 Å². The zero-order valence-electron chi connectivity index (χ0n) is 15.6. The fraction of sp³-hybridized carbons (Fsp3) is 0.143. The predicted octanol–water partition coefficient (Wildman–Crippen LogP) is 2.94. The van der Waals surface area contributed by atoms with Gasteiger partial charge in [0.05, 0.1) is 13.3 Å². The minimum atomic E-state index is -0.835. The number of rotatable bonds is 6. The van der Waals surface area contributed by atoms with E-state index in [2.05, 4.69) is 15.3 Å². The third-order valence-corrected chi connectivity index (χ3v) is 4.21. The lowest BCUT2D eigenvalue weighted by molar-refractivity contribution is -0.120. The van der Waals surface area contributed by atoms with Crippen LogP contribution in [0, 0.1) is 0 Å². The van der Waals surface area contributed by atoms with E-state index in [1.807, 2.05) is 18.2 Å². The molecule has 0 aliphatic heterocycles. The van der Waals surface area contributed by atoms with Gasteiger partial charge in [0.25, 0.3) is 11.8 Å². The number of hydrogen-bond acceptors (Lipinski definition) is 5. The summed E-state index contributed by atoms with van der Waals surface area (Å²) < 4.78 is 5.13. The standard InChI is InChI=1S/C21H20N4O3/c1-25(21(27)18-14-22-12-13-23-18)19(15-6-4-3-5-7-15)20(26)24-16-8-10-17(28-2)11-9-16/h3-14,19H,1-2H3,(H,24,26)/t19-/m1/s1. The summed E-state index contributed by atoms with van der Waals surface area (Å²) in [5, 5.41) is 2.85. The molecule has 0 aliphatic carbocycles. The van der Waals surface area contributed by atoms with E-state index in [4.69, 9.17) is 4.74 Å². The van der Waals surface area contributed by atoms with Crippen LogP contribution >= 0.6 is 0 Å². The Balaban J connectivity index is 1.88. The Morgan fingerprint density at radius 3 is 2.36 bits per heavy atom. The summed E-state index contributed by atoms with van der Waals surface area (Å²) in [6.45, 7) is 0. The topological polar surface area (TPSA) is 84.4 Å². The van der Waals surface area contributed by atoms with Crippen LogP contribution in [-0.2, 0) is 4.79 Å². The maximum atomic E-state index is 13.1. The fourth-order valence-electron chi connectivity index (χ4n) is 2.78. The molecule has 0 fully saturated rings. The molecule has 0 bridgehead atoms. The van der Waals surface area contributed by atoms with E-state index in [-0.39, 0.29) is 11.6 Å². The lowest BCUT2D eigenvalue weighted by atomic mass is 10.0. The average molecular weight is 376 g/mol. The van der Waals surface area contributed by atoms with Crippen LogP contribution in [0.4, 0.5) is 5.69 Å². The Kier molecular flexibility index (Phi) is 5.96. The first-order valence-electron chi connectivity index (χ1n) is 8.63. The summed E-state index contributed by atoms with van der Waals surface area (Å²) in [5.41, 5.74) is 1.46. The van der Waals surface area contributed by atoms with Crippen LogP contribution in [0.3, 0.4) is 0 Å². The van der Waals surface area contributed by atoms with Crippen LogP contribution in [0.1, 0.15) is 22.1 Å². The van der Waals surface area contributed by atoms with Gasteiger partial charge in [-0.25, -0.2) is 4.98 Å².